The predicted molar refractivity (Wildman–Crippen MR) is 105 cm³/mol. The normalized spacial score (nSPS) is 11.3. The lowest BCUT2D eigenvalue weighted by Crippen LogP contribution is -2.39. The highest BCUT2D eigenvalue weighted by atomic mass is 79.9. The Balaban J connectivity index is 1.66. The number of halogens is 1. The lowest BCUT2D eigenvalue weighted by Gasteiger charge is -2.08. The Morgan fingerprint density at radius 3 is 2.80 bits per heavy atom. The topological polar surface area (TPSA) is 61.8 Å². The first-order valence-electron chi connectivity index (χ1n) is 7.92. The van der Waals surface area contributed by atoms with Crippen LogP contribution in [-0.4, -0.2) is 24.4 Å². The van der Waals surface area contributed by atoms with Crippen LogP contribution >= 0.6 is 27.7 Å². The van der Waals surface area contributed by atoms with E-state index < -0.39 is 0 Å². The molecule has 0 N–H and O–H groups in total. The molecule has 0 amide bonds. The smallest absolute Gasteiger partial charge is 0.328 e. The second-order valence-electron chi connectivity index (χ2n) is 5.86. The summed E-state index contributed by atoms with van der Waals surface area (Å²) in [6, 6.07) is 8.22. The Kier molecular flexibility index (Phi) is 5.48. The maximum absolute atomic E-state index is 12.6. The minimum Gasteiger partial charge on any atom is -0.328 e. The SMILES string of the molecule is Cn1cnc2c1c(=O)n(CCCSCc1cccc(Br)c1)c(=O)n2C. The zero-order valence-corrected chi connectivity index (χ0v) is 16.5. The van der Waals surface area contributed by atoms with Gasteiger partial charge >= 0.3 is 5.69 Å². The van der Waals surface area contributed by atoms with Crippen molar-refractivity contribution in [3.63, 3.8) is 0 Å². The third-order valence-corrected chi connectivity index (χ3v) is 5.64. The highest BCUT2D eigenvalue weighted by Gasteiger charge is 2.14. The molecule has 0 spiro atoms. The predicted octanol–water partition coefficient (Wildman–Crippen LogP) is 2.52. The van der Waals surface area contributed by atoms with E-state index in [2.05, 4.69) is 33.0 Å². The van der Waals surface area contributed by atoms with Crippen molar-refractivity contribution in [1.82, 2.24) is 18.7 Å². The number of rotatable bonds is 6. The van der Waals surface area contributed by atoms with Crippen LogP contribution in [-0.2, 0) is 26.4 Å². The van der Waals surface area contributed by atoms with Gasteiger partial charge in [0.1, 0.15) is 0 Å². The zero-order valence-electron chi connectivity index (χ0n) is 14.1. The Labute approximate surface area is 157 Å². The van der Waals surface area contributed by atoms with E-state index in [1.807, 2.05) is 12.1 Å². The maximum Gasteiger partial charge on any atom is 0.332 e. The lowest BCUT2D eigenvalue weighted by atomic mass is 10.2. The van der Waals surface area contributed by atoms with Crippen LogP contribution in [0, 0.1) is 0 Å². The van der Waals surface area contributed by atoms with Crippen LogP contribution in [0.5, 0.6) is 0 Å². The summed E-state index contributed by atoms with van der Waals surface area (Å²) in [5, 5.41) is 0. The van der Waals surface area contributed by atoms with Gasteiger partial charge < -0.3 is 4.57 Å². The van der Waals surface area contributed by atoms with Crippen LogP contribution in [0.15, 0.2) is 44.7 Å². The molecule has 0 aliphatic carbocycles. The van der Waals surface area contributed by atoms with E-state index in [1.165, 1.54) is 14.7 Å². The van der Waals surface area contributed by atoms with Crippen LogP contribution in [0.3, 0.4) is 0 Å². The quantitative estimate of drug-likeness (QED) is 0.572. The average Bonchev–Trinajstić information content (AvgIpc) is 2.97. The van der Waals surface area contributed by atoms with Gasteiger partial charge in [-0.3, -0.25) is 13.9 Å². The summed E-state index contributed by atoms with van der Waals surface area (Å²) in [5.74, 6) is 1.79. The molecule has 0 saturated carbocycles. The van der Waals surface area contributed by atoms with Gasteiger partial charge in [0.15, 0.2) is 11.2 Å². The number of imidazole rings is 1. The summed E-state index contributed by atoms with van der Waals surface area (Å²) in [7, 11) is 3.41. The van der Waals surface area contributed by atoms with Crippen LogP contribution < -0.4 is 11.2 Å². The monoisotopic (exact) mass is 422 g/mol. The molecule has 1 aromatic carbocycles. The number of aryl methyl sites for hydroxylation is 2. The molecule has 0 saturated heterocycles. The molecule has 0 fully saturated rings. The van der Waals surface area contributed by atoms with E-state index in [1.54, 1.807) is 36.8 Å². The van der Waals surface area contributed by atoms with Crippen LogP contribution in [0.4, 0.5) is 0 Å². The van der Waals surface area contributed by atoms with Crippen molar-refractivity contribution < 1.29 is 0 Å². The zero-order chi connectivity index (χ0) is 18.0. The van der Waals surface area contributed by atoms with Crippen molar-refractivity contribution in [2.45, 2.75) is 18.7 Å². The summed E-state index contributed by atoms with van der Waals surface area (Å²) in [6.45, 7) is 0.415. The molecule has 0 radical (unpaired) electrons. The minimum absolute atomic E-state index is 0.268. The van der Waals surface area contributed by atoms with Crippen molar-refractivity contribution in [3.8, 4) is 0 Å². The van der Waals surface area contributed by atoms with Gasteiger partial charge in [0.25, 0.3) is 5.56 Å². The van der Waals surface area contributed by atoms with Gasteiger partial charge in [0.2, 0.25) is 0 Å². The van der Waals surface area contributed by atoms with Crippen LogP contribution in [0.1, 0.15) is 12.0 Å². The van der Waals surface area contributed by atoms with Crippen molar-refractivity contribution in [3.05, 3.63) is 61.5 Å². The van der Waals surface area contributed by atoms with E-state index in [-0.39, 0.29) is 11.2 Å². The van der Waals surface area contributed by atoms with Crippen molar-refractivity contribution in [2.75, 3.05) is 5.75 Å². The number of nitrogens with zero attached hydrogens (tertiary/aromatic N) is 4. The summed E-state index contributed by atoms with van der Waals surface area (Å²) in [6.07, 6.45) is 2.32. The van der Waals surface area contributed by atoms with Gasteiger partial charge in [-0.05, 0) is 29.9 Å². The summed E-state index contributed by atoms with van der Waals surface area (Å²) < 4.78 is 5.48. The molecular formula is C17H19BrN4O2S. The van der Waals surface area contributed by atoms with Gasteiger partial charge in [-0.15, -0.1) is 0 Å². The Bertz CT molecular complexity index is 1020. The van der Waals surface area contributed by atoms with Crippen molar-refractivity contribution in [2.24, 2.45) is 14.1 Å². The fraction of sp³-hybridized carbons (Fsp3) is 0.353. The van der Waals surface area contributed by atoms with Crippen LogP contribution in [0.25, 0.3) is 11.2 Å². The molecule has 8 heteroatoms. The number of hydrogen-bond acceptors (Lipinski definition) is 4. The summed E-state index contributed by atoms with van der Waals surface area (Å²) >= 11 is 5.26. The van der Waals surface area contributed by atoms with Gasteiger partial charge in [-0.2, -0.15) is 11.8 Å². The molecule has 3 aromatic rings. The standard InChI is InChI=1S/C17H19BrN4O2S/c1-20-11-19-15-14(20)16(23)22(17(24)21(15)2)7-4-8-25-10-12-5-3-6-13(18)9-12/h3,5-6,9,11H,4,7-8,10H2,1-2H3. The molecule has 0 aliphatic heterocycles. The molecule has 0 unspecified atom stereocenters. The third kappa shape index (κ3) is 3.74. The second-order valence-corrected chi connectivity index (χ2v) is 7.88. The number of benzene rings is 1. The molecule has 0 aliphatic rings. The first-order chi connectivity index (χ1) is 12.0. The first kappa shape index (κ1) is 18.0. The molecule has 2 heterocycles. The molecule has 25 heavy (non-hydrogen) atoms. The maximum atomic E-state index is 12.6. The minimum atomic E-state index is -0.312. The molecule has 2 aromatic heterocycles. The number of aromatic nitrogens is 4. The van der Waals surface area contributed by atoms with Crippen LogP contribution in [0.2, 0.25) is 0 Å². The van der Waals surface area contributed by atoms with E-state index in [4.69, 9.17) is 0 Å². The second kappa shape index (κ2) is 7.61. The number of hydrogen-bond donors (Lipinski definition) is 0. The fourth-order valence-electron chi connectivity index (χ4n) is 2.73. The fourth-order valence-corrected chi connectivity index (χ4v) is 4.07. The van der Waals surface area contributed by atoms with Gasteiger partial charge in [0, 0.05) is 30.9 Å². The summed E-state index contributed by atoms with van der Waals surface area (Å²) in [4.78, 5) is 29.1. The molecule has 132 valence electrons. The molecule has 3 rings (SSSR count). The van der Waals surface area contributed by atoms with E-state index >= 15 is 0 Å². The largest absolute Gasteiger partial charge is 0.332 e. The summed E-state index contributed by atoms with van der Waals surface area (Å²) in [5.41, 5.74) is 1.56. The highest BCUT2D eigenvalue weighted by Crippen LogP contribution is 2.17. The lowest BCUT2D eigenvalue weighted by molar-refractivity contribution is 0.594. The molecule has 0 atom stereocenters. The van der Waals surface area contributed by atoms with Gasteiger partial charge in [0.05, 0.1) is 6.33 Å². The Hall–Kier alpha value is -1.80. The Morgan fingerprint density at radius 1 is 1.24 bits per heavy atom. The average molecular weight is 423 g/mol. The molecule has 0 bridgehead atoms. The van der Waals surface area contributed by atoms with Crippen molar-refractivity contribution in [1.29, 1.82) is 0 Å². The Morgan fingerprint density at radius 2 is 2.04 bits per heavy atom. The van der Waals surface area contributed by atoms with E-state index in [0.717, 1.165) is 22.4 Å². The van der Waals surface area contributed by atoms with Gasteiger partial charge in [-0.1, -0.05) is 28.1 Å². The first-order valence-corrected chi connectivity index (χ1v) is 9.87. The molecular weight excluding hydrogens is 404 g/mol. The molecule has 6 nitrogen and oxygen atoms in total. The third-order valence-electron chi connectivity index (χ3n) is 4.03. The van der Waals surface area contributed by atoms with E-state index in [9.17, 15) is 9.59 Å². The van der Waals surface area contributed by atoms with Crippen molar-refractivity contribution >= 4 is 38.9 Å². The van der Waals surface area contributed by atoms with E-state index in [0.29, 0.717) is 17.7 Å². The highest BCUT2D eigenvalue weighted by molar-refractivity contribution is 9.10. The van der Waals surface area contributed by atoms with Gasteiger partial charge in [-0.25, -0.2) is 9.78 Å². The number of thioether (sulfide) groups is 1. The number of fused-ring (bicyclic) bond motifs is 1.